The van der Waals surface area contributed by atoms with Crippen molar-refractivity contribution in [3.05, 3.63) is 35.9 Å². The first kappa shape index (κ1) is 14.5. The second kappa shape index (κ2) is 5.78. The summed E-state index contributed by atoms with van der Waals surface area (Å²) in [5, 5.41) is 10.7. The molecule has 1 saturated heterocycles. The van der Waals surface area contributed by atoms with Crippen LogP contribution in [0, 0.1) is 5.92 Å². The molecule has 1 aromatic rings. The molecule has 0 aromatic heterocycles. The molecule has 3 N–H and O–H groups in total. The van der Waals surface area contributed by atoms with Crippen molar-refractivity contribution >= 4 is 5.91 Å². The third-order valence-electron chi connectivity index (χ3n) is 5.16. The SMILES string of the molecule is NC(C(=O)N1CCC2(O)CCCCC2C1)c1ccccc1. The molecule has 0 spiro atoms. The lowest BCUT2D eigenvalue weighted by Gasteiger charge is -2.47. The number of amides is 1. The maximum atomic E-state index is 12.6. The van der Waals surface area contributed by atoms with Crippen molar-refractivity contribution in [3.63, 3.8) is 0 Å². The smallest absolute Gasteiger partial charge is 0.244 e. The Morgan fingerprint density at radius 2 is 2.05 bits per heavy atom. The highest BCUT2D eigenvalue weighted by atomic mass is 16.3. The zero-order chi connectivity index (χ0) is 14.9. The topological polar surface area (TPSA) is 66.6 Å². The molecular formula is C17H24N2O2. The van der Waals surface area contributed by atoms with Crippen molar-refractivity contribution in [2.24, 2.45) is 11.7 Å². The van der Waals surface area contributed by atoms with Crippen molar-refractivity contribution in [1.29, 1.82) is 0 Å². The quantitative estimate of drug-likeness (QED) is 0.872. The van der Waals surface area contributed by atoms with Gasteiger partial charge in [-0.2, -0.15) is 0 Å². The minimum absolute atomic E-state index is 0.0196. The van der Waals surface area contributed by atoms with Crippen LogP contribution in [0.2, 0.25) is 0 Å². The fourth-order valence-corrected chi connectivity index (χ4v) is 3.77. The first-order chi connectivity index (χ1) is 10.1. The second-order valence-corrected chi connectivity index (χ2v) is 6.47. The molecule has 2 aliphatic rings. The molecule has 1 aromatic carbocycles. The van der Waals surface area contributed by atoms with Crippen LogP contribution in [0.15, 0.2) is 30.3 Å². The molecule has 2 fully saturated rings. The predicted octanol–water partition coefficient (Wildman–Crippen LogP) is 1.84. The first-order valence-electron chi connectivity index (χ1n) is 7.92. The molecule has 1 heterocycles. The van der Waals surface area contributed by atoms with Gasteiger partial charge in [0.1, 0.15) is 6.04 Å². The summed E-state index contributed by atoms with van der Waals surface area (Å²) in [5.41, 5.74) is 6.42. The molecule has 1 saturated carbocycles. The number of benzene rings is 1. The normalized spacial score (nSPS) is 30.6. The number of aliphatic hydroxyl groups is 1. The molecule has 4 heteroatoms. The van der Waals surface area contributed by atoms with Gasteiger partial charge in [-0.15, -0.1) is 0 Å². The Morgan fingerprint density at radius 1 is 1.29 bits per heavy atom. The Bertz CT molecular complexity index is 505. The van der Waals surface area contributed by atoms with Crippen LogP contribution in [0.4, 0.5) is 0 Å². The average molecular weight is 288 g/mol. The highest BCUT2D eigenvalue weighted by molar-refractivity contribution is 5.83. The van der Waals surface area contributed by atoms with Crippen LogP contribution >= 0.6 is 0 Å². The molecule has 3 rings (SSSR count). The fourth-order valence-electron chi connectivity index (χ4n) is 3.77. The van der Waals surface area contributed by atoms with Crippen LogP contribution in [0.5, 0.6) is 0 Å². The number of nitrogens with two attached hydrogens (primary N) is 1. The largest absolute Gasteiger partial charge is 0.389 e. The van der Waals surface area contributed by atoms with E-state index in [-0.39, 0.29) is 11.8 Å². The lowest BCUT2D eigenvalue weighted by molar-refractivity contribution is -0.144. The number of likely N-dealkylation sites (tertiary alicyclic amines) is 1. The van der Waals surface area contributed by atoms with E-state index >= 15 is 0 Å². The molecule has 1 aliphatic carbocycles. The monoisotopic (exact) mass is 288 g/mol. The number of nitrogens with zero attached hydrogens (tertiary/aromatic N) is 1. The van der Waals surface area contributed by atoms with E-state index in [0.29, 0.717) is 19.5 Å². The van der Waals surface area contributed by atoms with Gasteiger partial charge < -0.3 is 15.7 Å². The van der Waals surface area contributed by atoms with E-state index in [2.05, 4.69) is 0 Å². The fraction of sp³-hybridized carbons (Fsp3) is 0.588. The molecule has 0 bridgehead atoms. The number of carbonyl (C=O) groups is 1. The van der Waals surface area contributed by atoms with Gasteiger partial charge in [0.25, 0.3) is 0 Å². The van der Waals surface area contributed by atoms with Gasteiger partial charge in [-0.1, -0.05) is 43.2 Å². The molecule has 1 amide bonds. The summed E-state index contributed by atoms with van der Waals surface area (Å²) >= 11 is 0. The number of fused-ring (bicyclic) bond motifs is 1. The van der Waals surface area contributed by atoms with Crippen molar-refractivity contribution in [3.8, 4) is 0 Å². The summed E-state index contributed by atoms with van der Waals surface area (Å²) in [6.45, 7) is 1.27. The minimum Gasteiger partial charge on any atom is -0.389 e. The highest BCUT2D eigenvalue weighted by Gasteiger charge is 2.44. The van der Waals surface area contributed by atoms with Crippen LogP contribution in [0.3, 0.4) is 0 Å². The van der Waals surface area contributed by atoms with Gasteiger partial charge in [0.15, 0.2) is 0 Å². The Morgan fingerprint density at radius 3 is 2.81 bits per heavy atom. The van der Waals surface area contributed by atoms with Gasteiger partial charge >= 0.3 is 0 Å². The molecule has 3 unspecified atom stereocenters. The number of hydrogen-bond acceptors (Lipinski definition) is 3. The van der Waals surface area contributed by atoms with Crippen molar-refractivity contribution in [2.75, 3.05) is 13.1 Å². The molecule has 0 radical (unpaired) electrons. The van der Waals surface area contributed by atoms with Crippen LogP contribution in [-0.2, 0) is 4.79 Å². The van der Waals surface area contributed by atoms with E-state index in [9.17, 15) is 9.90 Å². The minimum atomic E-state index is -0.596. The predicted molar refractivity (Wildman–Crippen MR) is 81.5 cm³/mol. The summed E-state index contributed by atoms with van der Waals surface area (Å²) in [6.07, 6.45) is 4.83. The lowest BCUT2D eigenvalue weighted by Crippen LogP contribution is -2.55. The van der Waals surface area contributed by atoms with Crippen molar-refractivity contribution < 1.29 is 9.90 Å². The Kier molecular flexibility index (Phi) is 4.00. The first-order valence-corrected chi connectivity index (χ1v) is 7.92. The summed E-state index contributed by atoms with van der Waals surface area (Å²) in [5.74, 6) is 0.195. The molecule has 3 atom stereocenters. The molecule has 21 heavy (non-hydrogen) atoms. The molecule has 4 nitrogen and oxygen atoms in total. The Hall–Kier alpha value is -1.39. The van der Waals surface area contributed by atoms with Gasteiger partial charge in [0.2, 0.25) is 5.91 Å². The summed E-state index contributed by atoms with van der Waals surface area (Å²) in [6, 6.07) is 8.91. The molecule has 1 aliphatic heterocycles. The van der Waals surface area contributed by atoms with Crippen LogP contribution in [0.1, 0.15) is 43.7 Å². The van der Waals surface area contributed by atoms with Crippen LogP contribution in [0.25, 0.3) is 0 Å². The van der Waals surface area contributed by atoms with Crippen molar-refractivity contribution in [2.45, 2.75) is 43.7 Å². The zero-order valence-electron chi connectivity index (χ0n) is 12.4. The van der Waals surface area contributed by atoms with Crippen molar-refractivity contribution in [1.82, 2.24) is 4.90 Å². The van der Waals surface area contributed by atoms with Gasteiger partial charge in [0.05, 0.1) is 5.60 Å². The molecule has 114 valence electrons. The number of rotatable bonds is 2. The van der Waals surface area contributed by atoms with E-state index in [4.69, 9.17) is 5.73 Å². The number of carbonyl (C=O) groups excluding carboxylic acids is 1. The van der Waals surface area contributed by atoms with Crippen LogP contribution in [-0.4, -0.2) is 34.6 Å². The maximum Gasteiger partial charge on any atom is 0.244 e. The van der Waals surface area contributed by atoms with E-state index in [0.717, 1.165) is 31.2 Å². The standard InChI is InChI=1S/C17H24N2O2/c18-15(13-6-2-1-3-7-13)16(20)19-11-10-17(21)9-5-4-8-14(17)12-19/h1-3,6-7,14-15,21H,4-5,8-12,18H2. The lowest BCUT2D eigenvalue weighted by atomic mass is 9.71. The van der Waals surface area contributed by atoms with Gasteiger partial charge in [-0.05, 0) is 24.8 Å². The summed E-state index contributed by atoms with van der Waals surface area (Å²) < 4.78 is 0. The van der Waals surface area contributed by atoms with E-state index in [1.165, 1.54) is 0 Å². The number of piperidine rings is 1. The summed E-state index contributed by atoms with van der Waals surface area (Å²) in [7, 11) is 0. The van der Waals surface area contributed by atoms with Gasteiger partial charge in [-0.3, -0.25) is 4.79 Å². The third-order valence-corrected chi connectivity index (χ3v) is 5.16. The van der Waals surface area contributed by atoms with E-state index < -0.39 is 11.6 Å². The average Bonchev–Trinajstić information content (AvgIpc) is 2.53. The van der Waals surface area contributed by atoms with Gasteiger partial charge in [0, 0.05) is 19.0 Å². The highest BCUT2D eigenvalue weighted by Crippen LogP contribution is 2.40. The Labute approximate surface area is 125 Å². The summed E-state index contributed by atoms with van der Waals surface area (Å²) in [4.78, 5) is 14.4. The van der Waals surface area contributed by atoms with Gasteiger partial charge in [-0.25, -0.2) is 0 Å². The van der Waals surface area contributed by atoms with Crippen LogP contribution < -0.4 is 5.73 Å². The third kappa shape index (κ3) is 2.83. The van der Waals surface area contributed by atoms with E-state index in [1.807, 2.05) is 35.2 Å². The Balaban J connectivity index is 1.69. The maximum absolute atomic E-state index is 12.6. The number of hydrogen-bond donors (Lipinski definition) is 2. The second-order valence-electron chi connectivity index (χ2n) is 6.47. The molecular weight excluding hydrogens is 264 g/mol. The van der Waals surface area contributed by atoms with E-state index in [1.54, 1.807) is 0 Å². The zero-order valence-corrected chi connectivity index (χ0v) is 12.4.